The Morgan fingerprint density at radius 2 is 2.10 bits per heavy atom. The lowest BCUT2D eigenvalue weighted by Crippen LogP contribution is -2.28. The Hall–Kier alpha value is -1.28. The molecule has 0 saturated carbocycles. The molecule has 8 nitrogen and oxygen atoms in total. The molecule has 0 spiro atoms. The van der Waals surface area contributed by atoms with E-state index in [9.17, 15) is 14.7 Å². The number of carbonyl (C=O) groups is 2. The molecule has 0 aliphatic carbocycles. The fraction of sp³-hybridized carbons (Fsp3) is 0.818. The summed E-state index contributed by atoms with van der Waals surface area (Å²) >= 11 is 1.05. The van der Waals surface area contributed by atoms with Crippen LogP contribution >= 0.6 is 11.8 Å². The van der Waals surface area contributed by atoms with Gasteiger partial charge in [0.1, 0.15) is 0 Å². The van der Waals surface area contributed by atoms with Gasteiger partial charge >= 0.3 is 0 Å². The summed E-state index contributed by atoms with van der Waals surface area (Å²) in [5.74, 6) is -0.190. The highest BCUT2D eigenvalue weighted by Crippen LogP contribution is 2.14. The van der Waals surface area contributed by atoms with Crippen molar-refractivity contribution in [3.8, 4) is 0 Å². The number of amides is 1. The Morgan fingerprint density at radius 3 is 2.60 bits per heavy atom. The molecule has 116 valence electrons. The lowest BCUT2D eigenvalue weighted by Gasteiger charge is -2.14. The van der Waals surface area contributed by atoms with Crippen LogP contribution in [-0.2, 0) is 9.59 Å². The standard InChI is InChI=1S/C10H18N4O3S.CH5N/c1-3-9(16)12-4-5-18-10(17)7(2)8(15)6-13-14-11;1-2/h7-8,15H,3-6H2,1-2H3,(H,12,16);2H2,1H3/t7-,8-;/m1./s1. The number of nitrogens with two attached hydrogens (primary N) is 1. The Bertz CT molecular complexity index is 334. The average Bonchev–Trinajstić information content (AvgIpc) is 2.49. The third-order valence-electron chi connectivity index (χ3n) is 2.27. The van der Waals surface area contributed by atoms with E-state index in [0.29, 0.717) is 18.7 Å². The van der Waals surface area contributed by atoms with Crippen LogP contribution in [0.25, 0.3) is 10.4 Å². The van der Waals surface area contributed by atoms with Gasteiger partial charge in [-0.15, -0.1) is 0 Å². The number of azide groups is 1. The summed E-state index contributed by atoms with van der Waals surface area (Å²) in [5, 5.41) is 15.2. The normalized spacial score (nSPS) is 12.2. The smallest absolute Gasteiger partial charge is 0.219 e. The monoisotopic (exact) mass is 305 g/mol. The van der Waals surface area contributed by atoms with E-state index in [1.165, 1.54) is 7.05 Å². The molecule has 2 atom stereocenters. The maximum atomic E-state index is 11.6. The van der Waals surface area contributed by atoms with Crippen LogP contribution in [0, 0.1) is 5.92 Å². The molecule has 0 bridgehead atoms. The SMILES string of the molecule is CCC(=O)NCCSC(=O)[C@H](C)[C@H](O)CN=[N+]=[N-].CN. The molecule has 0 aliphatic rings. The first kappa shape index (κ1) is 21.0. The van der Waals surface area contributed by atoms with Gasteiger partial charge in [-0.05, 0) is 12.6 Å². The van der Waals surface area contributed by atoms with Crippen molar-refractivity contribution in [1.82, 2.24) is 5.32 Å². The fourth-order valence-corrected chi connectivity index (χ4v) is 1.86. The molecule has 0 aromatic heterocycles. The molecule has 0 aliphatic heterocycles. The maximum absolute atomic E-state index is 11.6. The van der Waals surface area contributed by atoms with Crippen molar-refractivity contribution in [2.45, 2.75) is 26.4 Å². The minimum Gasteiger partial charge on any atom is -0.392 e. The van der Waals surface area contributed by atoms with E-state index in [2.05, 4.69) is 21.1 Å². The molecule has 0 fully saturated rings. The molecular formula is C11H23N5O3S. The second kappa shape index (κ2) is 14.1. The number of nitrogens with one attached hydrogen (secondary N) is 1. The topological polar surface area (TPSA) is 141 Å². The molecule has 0 aromatic carbocycles. The highest BCUT2D eigenvalue weighted by atomic mass is 32.2. The van der Waals surface area contributed by atoms with Gasteiger partial charge in [0.15, 0.2) is 5.12 Å². The van der Waals surface area contributed by atoms with Gasteiger partial charge in [-0.2, -0.15) is 0 Å². The van der Waals surface area contributed by atoms with Crippen molar-refractivity contribution in [2.24, 2.45) is 16.8 Å². The number of nitrogens with zero attached hydrogens (tertiary/aromatic N) is 3. The first-order chi connectivity index (χ1) is 9.52. The summed E-state index contributed by atoms with van der Waals surface area (Å²) in [6, 6.07) is 0. The number of rotatable bonds is 8. The molecule has 9 heteroatoms. The van der Waals surface area contributed by atoms with E-state index in [0.717, 1.165) is 11.8 Å². The average molecular weight is 305 g/mol. The Morgan fingerprint density at radius 1 is 1.50 bits per heavy atom. The van der Waals surface area contributed by atoms with Gasteiger partial charge in [0.2, 0.25) is 5.91 Å². The van der Waals surface area contributed by atoms with Crippen LogP contribution in [0.3, 0.4) is 0 Å². The minimum atomic E-state index is -0.967. The maximum Gasteiger partial charge on any atom is 0.219 e. The van der Waals surface area contributed by atoms with Crippen molar-refractivity contribution in [1.29, 1.82) is 0 Å². The molecule has 0 heterocycles. The summed E-state index contributed by atoms with van der Waals surface area (Å²) < 4.78 is 0. The van der Waals surface area contributed by atoms with Gasteiger partial charge in [0.05, 0.1) is 18.6 Å². The van der Waals surface area contributed by atoms with Crippen LogP contribution in [-0.4, -0.2) is 48.1 Å². The van der Waals surface area contributed by atoms with Crippen molar-refractivity contribution in [3.63, 3.8) is 0 Å². The highest BCUT2D eigenvalue weighted by Gasteiger charge is 2.21. The minimum absolute atomic E-state index is 0.0560. The van der Waals surface area contributed by atoms with Crippen LogP contribution in [0.5, 0.6) is 0 Å². The second-order valence-corrected chi connectivity index (χ2v) is 4.74. The molecule has 0 aromatic rings. The molecular weight excluding hydrogens is 282 g/mol. The van der Waals surface area contributed by atoms with Gasteiger partial charge in [0.25, 0.3) is 0 Å². The van der Waals surface area contributed by atoms with E-state index in [-0.39, 0.29) is 17.6 Å². The third kappa shape index (κ3) is 10.6. The van der Waals surface area contributed by atoms with Gasteiger partial charge in [0, 0.05) is 23.6 Å². The van der Waals surface area contributed by atoms with Crippen LogP contribution in [0.1, 0.15) is 20.3 Å². The van der Waals surface area contributed by atoms with Gasteiger partial charge in [-0.3, -0.25) is 9.59 Å². The summed E-state index contributed by atoms with van der Waals surface area (Å²) in [7, 11) is 1.50. The van der Waals surface area contributed by atoms with Crippen LogP contribution in [0.4, 0.5) is 0 Å². The predicted octanol–water partition coefficient (Wildman–Crippen LogP) is 0.655. The first-order valence-electron chi connectivity index (χ1n) is 6.22. The van der Waals surface area contributed by atoms with Crippen LogP contribution in [0.2, 0.25) is 0 Å². The number of hydrogen-bond donors (Lipinski definition) is 3. The summed E-state index contributed by atoms with van der Waals surface area (Å²) in [6.45, 7) is 3.64. The summed E-state index contributed by atoms with van der Waals surface area (Å²) in [4.78, 5) is 25.1. The lowest BCUT2D eigenvalue weighted by molar-refractivity contribution is -0.120. The van der Waals surface area contributed by atoms with E-state index in [4.69, 9.17) is 5.53 Å². The predicted molar refractivity (Wildman–Crippen MR) is 80.1 cm³/mol. The van der Waals surface area contributed by atoms with Crippen molar-refractivity contribution in [2.75, 3.05) is 25.9 Å². The van der Waals surface area contributed by atoms with E-state index >= 15 is 0 Å². The number of carbonyl (C=O) groups excluding carboxylic acids is 2. The van der Waals surface area contributed by atoms with Crippen molar-refractivity contribution >= 4 is 22.8 Å². The quantitative estimate of drug-likeness (QED) is 0.261. The zero-order chi connectivity index (χ0) is 16.0. The zero-order valence-corrected chi connectivity index (χ0v) is 12.9. The number of aliphatic hydroxyl groups is 1. The summed E-state index contributed by atoms with van der Waals surface area (Å²) in [6.07, 6.45) is -0.550. The molecule has 1 amide bonds. The van der Waals surface area contributed by atoms with Crippen LogP contribution in [0.15, 0.2) is 5.11 Å². The molecule has 0 radical (unpaired) electrons. The van der Waals surface area contributed by atoms with E-state index in [1.807, 2.05) is 0 Å². The van der Waals surface area contributed by atoms with Crippen molar-refractivity contribution in [3.05, 3.63) is 10.4 Å². The molecule has 0 rings (SSSR count). The second-order valence-electron chi connectivity index (χ2n) is 3.64. The van der Waals surface area contributed by atoms with Gasteiger partial charge in [-0.25, -0.2) is 0 Å². The zero-order valence-electron chi connectivity index (χ0n) is 12.1. The van der Waals surface area contributed by atoms with E-state index < -0.39 is 12.0 Å². The Kier molecular flexibility index (Phi) is 14.9. The molecule has 0 saturated heterocycles. The first-order valence-corrected chi connectivity index (χ1v) is 7.21. The fourth-order valence-electron chi connectivity index (χ4n) is 1.03. The summed E-state index contributed by atoms with van der Waals surface area (Å²) in [5.41, 5.74) is 12.6. The number of thioether (sulfide) groups is 1. The Labute approximate surface area is 123 Å². The van der Waals surface area contributed by atoms with Gasteiger partial charge in [-0.1, -0.05) is 30.7 Å². The highest BCUT2D eigenvalue weighted by molar-refractivity contribution is 8.13. The van der Waals surface area contributed by atoms with E-state index in [1.54, 1.807) is 13.8 Å². The largest absolute Gasteiger partial charge is 0.392 e. The lowest BCUT2D eigenvalue weighted by atomic mass is 10.1. The molecule has 4 N–H and O–H groups in total. The third-order valence-corrected chi connectivity index (χ3v) is 3.34. The molecule has 0 unspecified atom stereocenters. The Balaban J connectivity index is 0. The van der Waals surface area contributed by atoms with Crippen molar-refractivity contribution < 1.29 is 14.7 Å². The number of hydrogen-bond acceptors (Lipinski definition) is 6. The number of aliphatic hydroxyl groups excluding tert-OH is 1. The molecule has 20 heavy (non-hydrogen) atoms. The van der Waals surface area contributed by atoms with Gasteiger partial charge < -0.3 is 16.2 Å². The van der Waals surface area contributed by atoms with Crippen LogP contribution < -0.4 is 11.1 Å².